The van der Waals surface area contributed by atoms with E-state index >= 15 is 0 Å². The van der Waals surface area contributed by atoms with Crippen LogP contribution in [0.3, 0.4) is 0 Å². The van der Waals surface area contributed by atoms with Gasteiger partial charge in [0.2, 0.25) is 10.0 Å². The van der Waals surface area contributed by atoms with Crippen molar-refractivity contribution in [2.45, 2.75) is 4.90 Å². The van der Waals surface area contributed by atoms with E-state index in [1.165, 1.54) is 30.8 Å². The summed E-state index contributed by atoms with van der Waals surface area (Å²) in [5.41, 5.74) is 0. The van der Waals surface area contributed by atoms with Gasteiger partial charge in [0, 0.05) is 40.6 Å². The smallest absolute Gasteiger partial charge is 0.244 e. The van der Waals surface area contributed by atoms with Crippen LogP contribution < -0.4 is 5.32 Å². The Hall–Kier alpha value is -0.930. The molecular weight excluding hydrogens is 318 g/mol. The number of rotatable bonds is 9. The lowest BCUT2D eigenvalue weighted by Gasteiger charge is -2.21. The summed E-state index contributed by atoms with van der Waals surface area (Å²) < 4.78 is 36.4. The minimum atomic E-state index is -3.69. The molecule has 1 N–H and O–H groups in total. The van der Waals surface area contributed by atoms with Crippen LogP contribution in [-0.4, -0.2) is 65.3 Å². The molecule has 21 heavy (non-hydrogen) atoms. The Morgan fingerprint density at radius 2 is 1.86 bits per heavy atom. The van der Waals surface area contributed by atoms with Crippen molar-refractivity contribution in [1.82, 2.24) is 9.29 Å². The van der Waals surface area contributed by atoms with E-state index in [-0.39, 0.29) is 23.0 Å². The van der Waals surface area contributed by atoms with Gasteiger partial charge in [-0.3, -0.25) is 0 Å². The fourth-order valence-corrected chi connectivity index (χ4v) is 3.34. The molecule has 0 bridgehead atoms. The second kappa shape index (κ2) is 8.50. The van der Waals surface area contributed by atoms with Gasteiger partial charge in [-0.25, -0.2) is 13.4 Å². The summed E-state index contributed by atoms with van der Waals surface area (Å²) in [5, 5.41) is 3.03. The molecule has 0 amide bonds. The molecule has 0 aliphatic rings. The maximum atomic E-state index is 12.6. The SMILES string of the molecule is CNc1ncc(S(=O)(=O)N(CCOC)CCOC)cc1Cl. The summed E-state index contributed by atoms with van der Waals surface area (Å²) >= 11 is 5.99. The fourth-order valence-electron chi connectivity index (χ4n) is 1.63. The van der Waals surface area contributed by atoms with Gasteiger partial charge in [0.1, 0.15) is 10.7 Å². The zero-order valence-corrected chi connectivity index (χ0v) is 13.9. The minimum absolute atomic E-state index is 0.0405. The molecule has 0 saturated carbocycles. The van der Waals surface area contributed by atoms with Gasteiger partial charge in [0.05, 0.1) is 18.2 Å². The van der Waals surface area contributed by atoms with Crippen molar-refractivity contribution in [3.8, 4) is 0 Å². The highest BCUT2D eigenvalue weighted by Gasteiger charge is 2.25. The fraction of sp³-hybridized carbons (Fsp3) is 0.583. The highest BCUT2D eigenvalue weighted by Crippen LogP contribution is 2.24. The van der Waals surface area contributed by atoms with Crippen molar-refractivity contribution >= 4 is 27.4 Å². The summed E-state index contributed by atoms with van der Waals surface area (Å²) in [6.07, 6.45) is 1.28. The number of hydrogen-bond acceptors (Lipinski definition) is 6. The summed E-state index contributed by atoms with van der Waals surface area (Å²) in [7, 11) is 0.994. The van der Waals surface area contributed by atoms with E-state index < -0.39 is 10.0 Å². The molecule has 1 rings (SSSR count). The summed E-state index contributed by atoms with van der Waals surface area (Å²) in [4.78, 5) is 4.04. The van der Waals surface area contributed by atoms with Gasteiger partial charge in [-0.2, -0.15) is 4.31 Å². The molecule has 1 aromatic rings. The second-order valence-corrected chi connectivity index (χ2v) is 6.49. The number of nitrogens with zero attached hydrogens (tertiary/aromatic N) is 2. The Morgan fingerprint density at radius 1 is 1.29 bits per heavy atom. The average molecular weight is 338 g/mol. The Labute approximate surface area is 130 Å². The lowest BCUT2D eigenvalue weighted by atomic mass is 10.4. The lowest BCUT2D eigenvalue weighted by molar-refractivity contribution is 0.150. The van der Waals surface area contributed by atoms with Crippen LogP contribution in [0.2, 0.25) is 5.02 Å². The highest BCUT2D eigenvalue weighted by molar-refractivity contribution is 7.89. The molecule has 1 aromatic heterocycles. The van der Waals surface area contributed by atoms with Crippen LogP contribution >= 0.6 is 11.6 Å². The first kappa shape index (κ1) is 18.1. The second-order valence-electron chi connectivity index (χ2n) is 4.14. The quantitative estimate of drug-likeness (QED) is 0.725. The molecule has 0 atom stereocenters. The zero-order chi connectivity index (χ0) is 15.9. The minimum Gasteiger partial charge on any atom is -0.383 e. The number of methoxy groups -OCH3 is 2. The molecule has 120 valence electrons. The summed E-state index contributed by atoms with van der Waals surface area (Å²) in [6.45, 7) is 1.04. The molecule has 0 fully saturated rings. The van der Waals surface area contributed by atoms with Crippen LogP contribution in [-0.2, 0) is 19.5 Å². The van der Waals surface area contributed by atoms with Crippen molar-refractivity contribution in [2.24, 2.45) is 0 Å². The third kappa shape index (κ3) is 4.79. The first-order chi connectivity index (χ1) is 9.97. The molecule has 0 aromatic carbocycles. The van der Waals surface area contributed by atoms with Gasteiger partial charge in [0.15, 0.2) is 0 Å². The first-order valence-corrected chi connectivity index (χ1v) is 8.10. The molecule has 0 aliphatic heterocycles. The molecule has 1 heterocycles. The maximum Gasteiger partial charge on any atom is 0.244 e. The van der Waals surface area contributed by atoms with E-state index in [0.29, 0.717) is 19.0 Å². The van der Waals surface area contributed by atoms with Gasteiger partial charge in [0.25, 0.3) is 0 Å². The number of aromatic nitrogens is 1. The third-order valence-electron chi connectivity index (χ3n) is 2.78. The number of halogens is 1. The van der Waals surface area contributed by atoms with Crippen molar-refractivity contribution < 1.29 is 17.9 Å². The van der Waals surface area contributed by atoms with Gasteiger partial charge in [-0.05, 0) is 6.07 Å². The van der Waals surface area contributed by atoms with Crippen molar-refractivity contribution in [3.63, 3.8) is 0 Å². The van der Waals surface area contributed by atoms with Crippen LogP contribution in [0.15, 0.2) is 17.2 Å². The van der Waals surface area contributed by atoms with E-state index in [2.05, 4.69) is 10.3 Å². The number of sulfonamides is 1. The monoisotopic (exact) mass is 337 g/mol. The largest absolute Gasteiger partial charge is 0.383 e. The molecule has 0 unspecified atom stereocenters. The normalized spacial score (nSPS) is 11.9. The third-order valence-corrected chi connectivity index (χ3v) is 4.93. The van der Waals surface area contributed by atoms with E-state index in [0.717, 1.165) is 0 Å². The number of ether oxygens (including phenoxy) is 2. The van der Waals surface area contributed by atoms with E-state index in [1.807, 2.05) is 0 Å². The predicted molar refractivity (Wildman–Crippen MR) is 81.3 cm³/mol. The standard InChI is InChI=1S/C12H20ClN3O4S/c1-14-12-11(13)8-10(9-15-12)21(17,18)16(4-6-19-2)5-7-20-3/h8-9H,4-7H2,1-3H3,(H,14,15). The van der Waals surface area contributed by atoms with E-state index in [1.54, 1.807) is 7.05 Å². The molecular formula is C12H20ClN3O4S. The van der Waals surface area contributed by atoms with Crippen LogP contribution in [0.1, 0.15) is 0 Å². The number of pyridine rings is 1. The van der Waals surface area contributed by atoms with Crippen molar-refractivity contribution in [2.75, 3.05) is 52.9 Å². The first-order valence-electron chi connectivity index (χ1n) is 6.28. The number of anilines is 1. The molecule has 0 saturated heterocycles. The van der Waals surface area contributed by atoms with Crippen LogP contribution in [0.5, 0.6) is 0 Å². The molecule has 9 heteroatoms. The average Bonchev–Trinajstić information content (AvgIpc) is 2.47. The zero-order valence-electron chi connectivity index (χ0n) is 12.3. The Bertz CT molecular complexity index is 545. The van der Waals surface area contributed by atoms with E-state index in [9.17, 15) is 8.42 Å². The Balaban J connectivity index is 3.06. The number of nitrogens with one attached hydrogen (secondary N) is 1. The van der Waals surface area contributed by atoms with Crippen LogP contribution in [0.25, 0.3) is 0 Å². The van der Waals surface area contributed by atoms with Crippen LogP contribution in [0.4, 0.5) is 5.82 Å². The Kier molecular flexibility index (Phi) is 7.33. The molecule has 0 radical (unpaired) electrons. The predicted octanol–water partition coefficient (Wildman–Crippen LogP) is 1.06. The Morgan fingerprint density at radius 3 is 2.29 bits per heavy atom. The van der Waals surface area contributed by atoms with Gasteiger partial charge in [-0.1, -0.05) is 11.6 Å². The lowest BCUT2D eigenvalue weighted by Crippen LogP contribution is -2.36. The highest BCUT2D eigenvalue weighted by atomic mass is 35.5. The topological polar surface area (TPSA) is 80.8 Å². The maximum absolute atomic E-state index is 12.6. The molecule has 0 spiro atoms. The number of hydrogen-bond donors (Lipinski definition) is 1. The molecule has 0 aliphatic carbocycles. The van der Waals surface area contributed by atoms with Gasteiger partial charge in [-0.15, -0.1) is 0 Å². The van der Waals surface area contributed by atoms with Gasteiger partial charge >= 0.3 is 0 Å². The molecule has 7 nitrogen and oxygen atoms in total. The van der Waals surface area contributed by atoms with Crippen molar-refractivity contribution in [1.29, 1.82) is 0 Å². The summed E-state index contributed by atoms with van der Waals surface area (Å²) in [5.74, 6) is 0.427. The van der Waals surface area contributed by atoms with Crippen LogP contribution in [0, 0.1) is 0 Å². The van der Waals surface area contributed by atoms with E-state index in [4.69, 9.17) is 21.1 Å². The summed E-state index contributed by atoms with van der Waals surface area (Å²) in [6, 6.07) is 1.38. The van der Waals surface area contributed by atoms with Gasteiger partial charge < -0.3 is 14.8 Å². The van der Waals surface area contributed by atoms with Crippen molar-refractivity contribution in [3.05, 3.63) is 17.3 Å².